The molecular formula is C10H17NO4. The molecule has 1 unspecified atom stereocenters. The van der Waals surface area contributed by atoms with E-state index in [0.29, 0.717) is 0 Å². The summed E-state index contributed by atoms with van der Waals surface area (Å²) in [5, 5.41) is 17.5. The highest BCUT2D eigenvalue weighted by Gasteiger charge is 2.34. The van der Waals surface area contributed by atoms with Crippen molar-refractivity contribution in [1.82, 2.24) is 4.90 Å². The molecule has 0 aromatic rings. The molecule has 5 heteroatoms. The zero-order valence-corrected chi connectivity index (χ0v) is 8.85. The Bertz CT molecular complexity index is 250. The quantitative estimate of drug-likeness (QED) is 0.650. The van der Waals surface area contributed by atoms with E-state index in [1.54, 1.807) is 6.92 Å². The summed E-state index contributed by atoms with van der Waals surface area (Å²) in [6.45, 7) is 1.86. The Balaban J connectivity index is 2.48. The van der Waals surface area contributed by atoms with Crippen molar-refractivity contribution in [1.29, 1.82) is 0 Å². The number of aliphatic hydroxyl groups excluding tert-OH is 1. The molecule has 1 rings (SSSR count). The van der Waals surface area contributed by atoms with E-state index in [2.05, 4.69) is 0 Å². The molecule has 0 saturated heterocycles. The number of carbonyl (C=O) groups is 2. The van der Waals surface area contributed by atoms with Crippen LogP contribution < -0.4 is 0 Å². The normalized spacial score (nSPS) is 17.2. The highest BCUT2D eigenvalue weighted by atomic mass is 16.4. The zero-order valence-electron chi connectivity index (χ0n) is 8.85. The van der Waals surface area contributed by atoms with Crippen molar-refractivity contribution in [3.8, 4) is 0 Å². The monoisotopic (exact) mass is 215 g/mol. The third kappa shape index (κ3) is 3.51. The number of carboxylic acids is 1. The second kappa shape index (κ2) is 5.11. The van der Waals surface area contributed by atoms with Gasteiger partial charge in [0.05, 0.1) is 12.5 Å². The fourth-order valence-electron chi connectivity index (χ4n) is 1.41. The second-order valence-corrected chi connectivity index (χ2v) is 4.02. The number of amides is 1. The summed E-state index contributed by atoms with van der Waals surface area (Å²) in [5.41, 5.74) is 0. The molecule has 86 valence electrons. The lowest BCUT2D eigenvalue weighted by atomic mass is 10.1. The van der Waals surface area contributed by atoms with Crippen LogP contribution in [-0.4, -0.2) is 46.7 Å². The van der Waals surface area contributed by atoms with Gasteiger partial charge >= 0.3 is 5.97 Å². The molecule has 1 atom stereocenters. The first kappa shape index (κ1) is 12.0. The Morgan fingerprint density at radius 1 is 1.47 bits per heavy atom. The number of carbonyl (C=O) groups excluding carboxylic acids is 1. The Kier molecular flexibility index (Phi) is 4.08. The van der Waals surface area contributed by atoms with E-state index in [1.165, 1.54) is 4.90 Å². The summed E-state index contributed by atoms with van der Waals surface area (Å²) >= 11 is 0. The van der Waals surface area contributed by atoms with Gasteiger partial charge in [-0.15, -0.1) is 0 Å². The number of hydrogen-bond acceptors (Lipinski definition) is 3. The van der Waals surface area contributed by atoms with Crippen LogP contribution in [0.4, 0.5) is 0 Å². The van der Waals surface area contributed by atoms with Gasteiger partial charge in [0.25, 0.3) is 0 Å². The fourth-order valence-corrected chi connectivity index (χ4v) is 1.41. The maximum Gasteiger partial charge on any atom is 0.308 e. The fraction of sp³-hybridized carbons (Fsp3) is 0.800. The van der Waals surface area contributed by atoms with E-state index >= 15 is 0 Å². The summed E-state index contributed by atoms with van der Waals surface area (Å²) in [5.74, 6) is -1.45. The topological polar surface area (TPSA) is 77.8 Å². The summed E-state index contributed by atoms with van der Waals surface area (Å²) in [4.78, 5) is 23.8. The van der Waals surface area contributed by atoms with E-state index in [1.807, 2.05) is 0 Å². The number of aliphatic hydroxyl groups is 1. The Morgan fingerprint density at radius 2 is 2.07 bits per heavy atom. The lowest BCUT2D eigenvalue weighted by Gasteiger charge is -2.23. The van der Waals surface area contributed by atoms with Crippen molar-refractivity contribution in [3.05, 3.63) is 0 Å². The highest BCUT2D eigenvalue weighted by Crippen LogP contribution is 2.31. The molecule has 1 amide bonds. The van der Waals surface area contributed by atoms with Crippen molar-refractivity contribution in [2.45, 2.75) is 19.8 Å². The van der Waals surface area contributed by atoms with Gasteiger partial charge in [0.15, 0.2) is 0 Å². The first-order chi connectivity index (χ1) is 7.06. The van der Waals surface area contributed by atoms with Crippen LogP contribution in [0.3, 0.4) is 0 Å². The molecule has 0 bridgehead atoms. The molecule has 0 heterocycles. The van der Waals surface area contributed by atoms with Crippen LogP contribution in [0.15, 0.2) is 0 Å². The predicted octanol–water partition coefficient (Wildman–Crippen LogP) is -0.0620. The van der Waals surface area contributed by atoms with Gasteiger partial charge in [0.2, 0.25) is 5.91 Å². The minimum absolute atomic E-state index is 0.0165. The van der Waals surface area contributed by atoms with Gasteiger partial charge in [0, 0.05) is 19.0 Å². The number of nitrogens with zero attached hydrogens (tertiary/aromatic N) is 1. The molecule has 0 aliphatic heterocycles. The number of hydrogen-bond donors (Lipinski definition) is 2. The molecule has 1 saturated carbocycles. The molecule has 0 spiro atoms. The summed E-state index contributed by atoms with van der Waals surface area (Å²) < 4.78 is 0. The lowest BCUT2D eigenvalue weighted by molar-refractivity contribution is -0.143. The largest absolute Gasteiger partial charge is 0.481 e. The average molecular weight is 215 g/mol. The minimum Gasteiger partial charge on any atom is -0.481 e. The van der Waals surface area contributed by atoms with Crippen LogP contribution >= 0.6 is 0 Å². The van der Waals surface area contributed by atoms with Crippen LogP contribution in [-0.2, 0) is 9.59 Å². The molecular weight excluding hydrogens is 198 g/mol. The molecule has 0 aromatic carbocycles. The molecule has 0 radical (unpaired) electrons. The van der Waals surface area contributed by atoms with Gasteiger partial charge in [-0.05, 0) is 12.8 Å². The van der Waals surface area contributed by atoms with Gasteiger partial charge in [0.1, 0.15) is 0 Å². The highest BCUT2D eigenvalue weighted by molar-refractivity contribution is 5.81. The van der Waals surface area contributed by atoms with Crippen LogP contribution in [0.2, 0.25) is 0 Å². The van der Waals surface area contributed by atoms with Gasteiger partial charge in [-0.3, -0.25) is 9.59 Å². The summed E-state index contributed by atoms with van der Waals surface area (Å²) in [7, 11) is 0. The van der Waals surface area contributed by atoms with Crippen LogP contribution in [0.1, 0.15) is 19.8 Å². The maximum atomic E-state index is 11.7. The molecule has 5 nitrogen and oxygen atoms in total. The van der Waals surface area contributed by atoms with Crippen molar-refractivity contribution in [3.63, 3.8) is 0 Å². The first-order valence-electron chi connectivity index (χ1n) is 5.18. The van der Waals surface area contributed by atoms with E-state index in [4.69, 9.17) is 10.2 Å². The number of rotatable bonds is 6. The van der Waals surface area contributed by atoms with E-state index in [-0.39, 0.29) is 31.5 Å². The summed E-state index contributed by atoms with van der Waals surface area (Å²) in [6.07, 6.45) is 1.78. The van der Waals surface area contributed by atoms with Gasteiger partial charge < -0.3 is 15.1 Å². The van der Waals surface area contributed by atoms with Crippen molar-refractivity contribution < 1.29 is 19.8 Å². The molecule has 2 N–H and O–H groups in total. The Morgan fingerprint density at radius 3 is 2.47 bits per heavy atom. The zero-order chi connectivity index (χ0) is 11.4. The maximum absolute atomic E-state index is 11.7. The van der Waals surface area contributed by atoms with Crippen molar-refractivity contribution >= 4 is 11.9 Å². The van der Waals surface area contributed by atoms with Crippen molar-refractivity contribution in [2.75, 3.05) is 19.7 Å². The minimum atomic E-state index is -0.915. The third-order valence-electron chi connectivity index (χ3n) is 2.52. The average Bonchev–Trinajstić information content (AvgIpc) is 2.99. The van der Waals surface area contributed by atoms with Gasteiger partial charge in [-0.1, -0.05) is 6.92 Å². The van der Waals surface area contributed by atoms with E-state index < -0.39 is 11.9 Å². The smallest absolute Gasteiger partial charge is 0.308 e. The summed E-state index contributed by atoms with van der Waals surface area (Å²) in [6, 6.07) is 0. The first-order valence-corrected chi connectivity index (χ1v) is 5.18. The Labute approximate surface area is 88.7 Å². The molecule has 15 heavy (non-hydrogen) atoms. The second-order valence-electron chi connectivity index (χ2n) is 4.02. The van der Waals surface area contributed by atoms with Crippen LogP contribution in [0.5, 0.6) is 0 Å². The van der Waals surface area contributed by atoms with Crippen molar-refractivity contribution in [2.24, 2.45) is 11.8 Å². The van der Waals surface area contributed by atoms with Crippen LogP contribution in [0.25, 0.3) is 0 Å². The van der Waals surface area contributed by atoms with E-state index in [0.717, 1.165) is 12.8 Å². The third-order valence-corrected chi connectivity index (χ3v) is 2.52. The predicted molar refractivity (Wildman–Crippen MR) is 53.2 cm³/mol. The number of carboxylic acid groups (broad SMARTS) is 1. The van der Waals surface area contributed by atoms with E-state index in [9.17, 15) is 9.59 Å². The molecule has 0 aromatic heterocycles. The molecule has 1 aliphatic carbocycles. The molecule has 1 fully saturated rings. The lowest BCUT2D eigenvalue weighted by Crippen LogP contribution is -2.39. The number of aliphatic carboxylic acids is 1. The Hall–Kier alpha value is -1.10. The van der Waals surface area contributed by atoms with Crippen LogP contribution in [0, 0.1) is 11.8 Å². The van der Waals surface area contributed by atoms with Gasteiger partial charge in [-0.25, -0.2) is 0 Å². The standard InChI is InChI=1S/C10H17NO4/c1-7(10(14)15)6-11(4-5-12)9(13)8-2-3-8/h7-8,12H,2-6H2,1H3,(H,14,15). The molecule has 1 aliphatic rings. The SMILES string of the molecule is CC(CN(CCO)C(=O)C1CC1)C(=O)O. The van der Waals surface area contributed by atoms with Gasteiger partial charge in [-0.2, -0.15) is 0 Å².